The van der Waals surface area contributed by atoms with E-state index < -0.39 is 4.92 Å². The number of halogens is 1. The summed E-state index contributed by atoms with van der Waals surface area (Å²) in [5.74, 6) is 0. The van der Waals surface area contributed by atoms with Gasteiger partial charge < -0.3 is 0 Å². The second-order valence-corrected chi connectivity index (χ2v) is 4.46. The summed E-state index contributed by atoms with van der Waals surface area (Å²) in [5.41, 5.74) is -0.0993. The average Bonchev–Trinajstić information content (AvgIpc) is 2.30. The number of aromatic nitrogens is 2. The van der Waals surface area contributed by atoms with E-state index in [0.717, 1.165) is 0 Å². The SMILES string of the molecule is O=[N+]([O-])c1c(Cl)cccc1Sc1ccncn1. The van der Waals surface area contributed by atoms with Crippen molar-refractivity contribution >= 4 is 29.1 Å². The second kappa shape index (κ2) is 5.11. The molecule has 86 valence electrons. The van der Waals surface area contributed by atoms with Gasteiger partial charge in [-0.1, -0.05) is 29.4 Å². The van der Waals surface area contributed by atoms with E-state index in [1.165, 1.54) is 24.2 Å². The maximum atomic E-state index is 10.9. The molecule has 0 bridgehead atoms. The largest absolute Gasteiger partial charge is 0.301 e. The summed E-state index contributed by atoms with van der Waals surface area (Å²) >= 11 is 6.98. The van der Waals surface area contributed by atoms with Gasteiger partial charge in [-0.25, -0.2) is 9.97 Å². The molecule has 1 aromatic heterocycles. The Bertz CT molecular complexity index is 551. The third-order valence-corrected chi connectivity index (χ3v) is 3.21. The number of nitro groups is 1. The Balaban J connectivity index is 2.40. The first kappa shape index (κ1) is 11.8. The molecule has 5 nitrogen and oxygen atoms in total. The van der Waals surface area contributed by atoms with Crippen LogP contribution in [0.3, 0.4) is 0 Å². The van der Waals surface area contributed by atoms with E-state index in [4.69, 9.17) is 11.6 Å². The summed E-state index contributed by atoms with van der Waals surface area (Å²) < 4.78 is 0. The highest BCUT2D eigenvalue weighted by molar-refractivity contribution is 7.99. The van der Waals surface area contributed by atoms with E-state index >= 15 is 0 Å². The zero-order chi connectivity index (χ0) is 12.3. The van der Waals surface area contributed by atoms with Crippen molar-refractivity contribution in [2.24, 2.45) is 0 Å². The first-order chi connectivity index (χ1) is 8.18. The van der Waals surface area contributed by atoms with Crippen LogP contribution in [0, 0.1) is 10.1 Å². The number of benzene rings is 1. The van der Waals surface area contributed by atoms with E-state index in [1.54, 1.807) is 24.4 Å². The van der Waals surface area contributed by atoms with E-state index in [-0.39, 0.29) is 10.7 Å². The quantitative estimate of drug-likeness (QED) is 0.485. The molecule has 0 radical (unpaired) electrons. The lowest BCUT2D eigenvalue weighted by Crippen LogP contribution is -1.92. The first-order valence-electron chi connectivity index (χ1n) is 4.55. The molecule has 0 aliphatic carbocycles. The molecule has 0 saturated carbocycles. The van der Waals surface area contributed by atoms with Gasteiger partial charge in [0, 0.05) is 6.20 Å². The predicted molar refractivity (Wildman–Crippen MR) is 64.3 cm³/mol. The van der Waals surface area contributed by atoms with Crippen molar-refractivity contribution in [1.82, 2.24) is 9.97 Å². The fraction of sp³-hybridized carbons (Fsp3) is 0. The van der Waals surface area contributed by atoms with Gasteiger partial charge in [0.2, 0.25) is 0 Å². The van der Waals surface area contributed by atoms with Crippen LogP contribution in [0.4, 0.5) is 5.69 Å². The Hall–Kier alpha value is -1.66. The normalized spacial score (nSPS) is 10.2. The molecular weight excluding hydrogens is 262 g/mol. The molecule has 0 unspecified atom stereocenters. The van der Waals surface area contributed by atoms with Gasteiger partial charge in [-0.15, -0.1) is 0 Å². The molecule has 0 saturated heterocycles. The summed E-state index contributed by atoms with van der Waals surface area (Å²) in [4.78, 5) is 18.6. The van der Waals surface area contributed by atoms with Crippen molar-refractivity contribution in [3.63, 3.8) is 0 Å². The molecule has 17 heavy (non-hydrogen) atoms. The van der Waals surface area contributed by atoms with E-state index in [2.05, 4.69) is 9.97 Å². The van der Waals surface area contributed by atoms with Gasteiger partial charge in [-0.05, 0) is 18.2 Å². The fourth-order valence-corrected chi connectivity index (χ4v) is 2.39. The number of para-hydroxylation sites is 1. The maximum absolute atomic E-state index is 10.9. The number of hydrogen-bond donors (Lipinski definition) is 0. The summed E-state index contributed by atoms with van der Waals surface area (Å²) in [6, 6.07) is 6.47. The van der Waals surface area contributed by atoms with Crippen LogP contribution in [-0.2, 0) is 0 Å². The molecule has 0 atom stereocenters. The Morgan fingerprint density at radius 1 is 1.35 bits per heavy atom. The van der Waals surface area contributed by atoms with Crippen molar-refractivity contribution < 1.29 is 4.92 Å². The first-order valence-corrected chi connectivity index (χ1v) is 5.74. The molecule has 0 spiro atoms. The summed E-state index contributed by atoms with van der Waals surface area (Å²) in [5, 5.41) is 11.7. The van der Waals surface area contributed by atoms with Crippen LogP contribution in [0.1, 0.15) is 0 Å². The lowest BCUT2D eigenvalue weighted by Gasteiger charge is -2.02. The number of nitro benzene ring substituents is 1. The Morgan fingerprint density at radius 3 is 2.82 bits per heavy atom. The highest BCUT2D eigenvalue weighted by Crippen LogP contribution is 2.37. The van der Waals surface area contributed by atoms with Crippen LogP contribution in [0.15, 0.2) is 46.7 Å². The van der Waals surface area contributed by atoms with Crippen LogP contribution in [-0.4, -0.2) is 14.9 Å². The van der Waals surface area contributed by atoms with Gasteiger partial charge >= 0.3 is 5.69 Å². The average molecular weight is 268 g/mol. The molecule has 1 aromatic carbocycles. The summed E-state index contributed by atoms with van der Waals surface area (Å²) in [6.07, 6.45) is 2.96. The van der Waals surface area contributed by atoms with Crippen molar-refractivity contribution in [2.75, 3.05) is 0 Å². The molecular formula is C10H6ClN3O2S. The monoisotopic (exact) mass is 267 g/mol. The predicted octanol–water partition coefficient (Wildman–Crippen LogP) is 3.19. The van der Waals surface area contributed by atoms with Crippen molar-refractivity contribution in [3.8, 4) is 0 Å². The third kappa shape index (κ3) is 2.72. The van der Waals surface area contributed by atoms with Crippen LogP contribution in [0.2, 0.25) is 5.02 Å². The van der Waals surface area contributed by atoms with Crippen molar-refractivity contribution in [2.45, 2.75) is 9.92 Å². The molecule has 0 N–H and O–H groups in total. The van der Waals surface area contributed by atoms with Gasteiger partial charge in [0.15, 0.2) is 0 Å². The minimum absolute atomic E-state index is 0.0993. The highest BCUT2D eigenvalue weighted by atomic mass is 35.5. The standard InChI is InChI=1S/C10H6ClN3O2S/c11-7-2-1-3-8(10(7)14(15)16)17-9-4-5-12-6-13-9/h1-6H. The van der Waals surface area contributed by atoms with Crippen LogP contribution in [0.25, 0.3) is 0 Å². The Kier molecular flexibility index (Phi) is 3.55. The third-order valence-electron chi connectivity index (χ3n) is 1.90. The zero-order valence-electron chi connectivity index (χ0n) is 8.41. The van der Waals surface area contributed by atoms with Gasteiger partial charge in [0.05, 0.1) is 9.82 Å². The Labute approximate surface area is 106 Å². The second-order valence-electron chi connectivity index (χ2n) is 2.99. The van der Waals surface area contributed by atoms with Crippen molar-refractivity contribution in [3.05, 3.63) is 51.9 Å². The van der Waals surface area contributed by atoms with Crippen LogP contribution in [0.5, 0.6) is 0 Å². The maximum Gasteiger partial charge on any atom is 0.301 e. The van der Waals surface area contributed by atoms with Crippen LogP contribution < -0.4 is 0 Å². The lowest BCUT2D eigenvalue weighted by atomic mass is 10.3. The molecule has 2 aromatic rings. The van der Waals surface area contributed by atoms with Crippen LogP contribution >= 0.6 is 23.4 Å². The van der Waals surface area contributed by atoms with E-state index in [0.29, 0.717) is 9.92 Å². The van der Waals surface area contributed by atoms with Gasteiger partial charge in [0.1, 0.15) is 16.4 Å². The molecule has 0 aliphatic rings. The summed E-state index contributed by atoms with van der Waals surface area (Å²) in [7, 11) is 0. The molecule has 1 heterocycles. The molecule has 0 aliphatic heterocycles. The molecule has 0 fully saturated rings. The van der Waals surface area contributed by atoms with E-state index in [1.807, 2.05) is 0 Å². The van der Waals surface area contributed by atoms with Gasteiger partial charge in [0.25, 0.3) is 0 Å². The molecule has 0 amide bonds. The van der Waals surface area contributed by atoms with Crippen molar-refractivity contribution in [1.29, 1.82) is 0 Å². The minimum atomic E-state index is -0.494. The number of nitrogens with zero attached hydrogens (tertiary/aromatic N) is 3. The van der Waals surface area contributed by atoms with E-state index in [9.17, 15) is 10.1 Å². The van der Waals surface area contributed by atoms with Gasteiger partial charge in [-0.3, -0.25) is 10.1 Å². The topological polar surface area (TPSA) is 68.9 Å². The number of hydrogen-bond acceptors (Lipinski definition) is 5. The molecule has 2 rings (SSSR count). The fourth-order valence-electron chi connectivity index (χ4n) is 1.21. The highest BCUT2D eigenvalue weighted by Gasteiger charge is 2.19. The number of rotatable bonds is 3. The van der Waals surface area contributed by atoms with Gasteiger partial charge in [-0.2, -0.15) is 0 Å². The molecule has 7 heteroatoms. The zero-order valence-corrected chi connectivity index (χ0v) is 9.98. The summed E-state index contributed by atoms with van der Waals surface area (Å²) in [6.45, 7) is 0. The smallest absolute Gasteiger partial charge is 0.258 e. The lowest BCUT2D eigenvalue weighted by molar-refractivity contribution is -0.387. The minimum Gasteiger partial charge on any atom is -0.258 e. The Morgan fingerprint density at radius 2 is 2.18 bits per heavy atom.